The Morgan fingerprint density at radius 3 is 3.00 bits per heavy atom. The Hall–Kier alpha value is -1.31. The van der Waals surface area contributed by atoms with Gasteiger partial charge in [-0.05, 0) is 71.6 Å². The number of rotatable bonds is 1. The molecule has 3 nitrogen and oxygen atoms in total. The quantitative estimate of drug-likeness (QED) is 0.699. The summed E-state index contributed by atoms with van der Waals surface area (Å²) in [5.41, 5.74) is 3.83. The van der Waals surface area contributed by atoms with E-state index >= 15 is 0 Å². The summed E-state index contributed by atoms with van der Waals surface area (Å²) in [4.78, 5) is 0. The second kappa shape index (κ2) is 5.72. The van der Waals surface area contributed by atoms with Crippen LogP contribution >= 0.6 is 15.9 Å². The van der Waals surface area contributed by atoms with Crippen molar-refractivity contribution in [3.05, 3.63) is 27.9 Å². The van der Waals surface area contributed by atoms with E-state index < -0.39 is 0 Å². The lowest BCUT2D eigenvalue weighted by Crippen LogP contribution is -2.19. The normalized spacial score (nSPS) is 24.9. The summed E-state index contributed by atoms with van der Waals surface area (Å²) in [7, 11) is 0. The molecule has 2 heterocycles. The average molecular weight is 359 g/mol. The maximum absolute atomic E-state index is 5.91. The molecule has 0 N–H and O–H groups in total. The number of aryl methyl sites for hydroxylation is 1. The first kappa shape index (κ1) is 14.3. The molecule has 1 aliphatic heterocycles. The van der Waals surface area contributed by atoms with E-state index in [9.17, 15) is 0 Å². The molecule has 0 bridgehead atoms. The molecule has 1 unspecified atom stereocenters. The van der Waals surface area contributed by atoms with Gasteiger partial charge in [0.2, 0.25) is 0 Å². The highest BCUT2D eigenvalue weighted by Crippen LogP contribution is 2.41. The second-order valence-corrected chi connectivity index (χ2v) is 7.01. The fourth-order valence-electron chi connectivity index (χ4n) is 3.75. The third-order valence-electron chi connectivity index (χ3n) is 4.88. The van der Waals surface area contributed by atoms with E-state index in [-0.39, 0.29) is 12.1 Å². The third-order valence-corrected chi connectivity index (χ3v) is 5.74. The predicted octanol–water partition coefficient (Wildman–Crippen LogP) is 4.55. The van der Waals surface area contributed by atoms with Gasteiger partial charge in [-0.1, -0.05) is 5.92 Å². The van der Waals surface area contributed by atoms with Crippen LogP contribution in [0.5, 0.6) is 0 Å². The summed E-state index contributed by atoms with van der Waals surface area (Å²) in [6.07, 6.45) is 14.5. The monoisotopic (exact) mass is 358 g/mol. The van der Waals surface area contributed by atoms with E-state index in [4.69, 9.17) is 11.2 Å². The van der Waals surface area contributed by atoms with E-state index in [0.717, 1.165) is 54.1 Å². The number of fused-ring (bicyclic) bond motifs is 2. The number of aromatic nitrogens is 2. The van der Waals surface area contributed by atoms with Gasteiger partial charge in [-0.25, -0.2) is 4.68 Å². The van der Waals surface area contributed by atoms with E-state index in [1.54, 1.807) is 0 Å². The highest BCUT2D eigenvalue weighted by Gasteiger charge is 2.26. The SMILES string of the molecule is C#C[C@@H]1CCCc2cc3c(cnn3C3CCCCO3)c(Br)c21. The Kier molecular flexibility index (Phi) is 3.71. The molecule has 0 radical (unpaired) electrons. The lowest BCUT2D eigenvalue weighted by Gasteiger charge is -2.26. The van der Waals surface area contributed by atoms with Crippen molar-refractivity contribution in [3.8, 4) is 12.3 Å². The molecule has 0 amide bonds. The first-order chi connectivity index (χ1) is 10.8. The Bertz CT molecular complexity index is 753. The van der Waals surface area contributed by atoms with Crippen molar-refractivity contribution in [2.45, 2.75) is 50.7 Å². The molecule has 2 aliphatic rings. The maximum atomic E-state index is 5.91. The van der Waals surface area contributed by atoms with Crippen LogP contribution < -0.4 is 0 Å². The minimum Gasteiger partial charge on any atom is -0.356 e. The van der Waals surface area contributed by atoms with Gasteiger partial charge in [0.1, 0.15) is 0 Å². The van der Waals surface area contributed by atoms with Gasteiger partial charge in [-0.15, -0.1) is 6.42 Å². The Balaban J connectivity index is 1.87. The zero-order chi connectivity index (χ0) is 15.1. The van der Waals surface area contributed by atoms with E-state index in [0.29, 0.717) is 0 Å². The molecule has 0 saturated carbocycles. The van der Waals surface area contributed by atoms with Crippen LogP contribution in [0.25, 0.3) is 10.9 Å². The van der Waals surface area contributed by atoms with Crippen LogP contribution in [0.4, 0.5) is 0 Å². The molecular formula is C18H19BrN2O. The lowest BCUT2D eigenvalue weighted by atomic mass is 9.82. The van der Waals surface area contributed by atoms with Gasteiger partial charge in [0.25, 0.3) is 0 Å². The lowest BCUT2D eigenvalue weighted by molar-refractivity contribution is -0.0366. The molecule has 4 rings (SSSR count). The minimum absolute atomic E-state index is 0.0724. The summed E-state index contributed by atoms with van der Waals surface area (Å²) >= 11 is 3.80. The Morgan fingerprint density at radius 2 is 2.23 bits per heavy atom. The minimum atomic E-state index is 0.0724. The smallest absolute Gasteiger partial charge is 0.150 e. The van der Waals surface area contributed by atoms with Crippen LogP contribution in [-0.4, -0.2) is 16.4 Å². The average Bonchev–Trinajstić information content (AvgIpc) is 2.99. The zero-order valence-electron chi connectivity index (χ0n) is 12.5. The molecule has 2 atom stereocenters. The van der Waals surface area contributed by atoms with Crippen LogP contribution in [-0.2, 0) is 11.2 Å². The number of terminal acetylenes is 1. The van der Waals surface area contributed by atoms with Gasteiger partial charge < -0.3 is 4.74 Å². The van der Waals surface area contributed by atoms with Crippen LogP contribution in [0.1, 0.15) is 55.4 Å². The number of hydrogen-bond acceptors (Lipinski definition) is 2. The molecule has 114 valence electrons. The molecule has 2 aromatic rings. The topological polar surface area (TPSA) is 27.1 Å². The zero-order valence-corrected chi connectivity index (χ0v) is 14.1. The summed E-state index contributed by atoms with van der Waals surface area (Å²) in [5.74, 6) is 3.17. The van der Waals surface area contributed by atoms with Crippen LogP contribution in [0.3, 0.4) is 0 Å². The van der Waals surface area contributed by atoms with E-state index in [1.165, 1.54) is 17.5 Å². The van der Waals surface area contributed by atoms with E-state index in [2.05, 4.69) is 37.7 Å². The maximum Gasteiger partial charge on any atom is 0.150 e. The fraction of sp³-hybridized carbons (Fsp3) is 0.500. The van der Waals surface area contributed by atoms with Gasteiger partial charge in [0, 0.05) is 22.4 Å². The standard InChI is InChI=1S/C18H19BrN2O/c1-2-12-6-5-7-13-10-15-14(18(19)17(12)13)11-20-21(15)16-8-3-4-9-22-16/h1,10-12,16H,3-9H2/t12-,16?/m1/s1. The Labute approximate surface area is 139 Å². The van der Waals surface area contributed by atoms with Crippen molar-refractivity contribution in [1.29, 1.82) is 0 Å². The van der Waals surface area contributed by atoms with Crippen LogP contribution in [0, 0.1) is 12.3 Å². The molecule has 1 aliphatic carbocycles. The summed E-state index contributed by atoms with van der Waals surface area (Å²) in [6.45, 7) is 0.831. The molecular weight excluding hydrogens is 340 g/mol. The number of ether oxygens (including phenoxy) is 1. The van der Waals surface area contributed by atoms with Gasteiger partial charge >= 0.3 is 0 Å². The van der Waals surface area contributed by atoms with Crippen molar-refractivity contribution in [2.75, 3.05) is 6.61 Å². The molecule has 1 aromatic carbocycles. The highest BCUT2D eigenvalue weighted by molar-refractivity contribution is 9.10. The molecule has 1 fully saturated rings. The van der Waals surface area contributed by atoms with Gasteiger partial charge in [0.15, 0.2) is 6.23 Å². The molecule has 22 heavy (non-hydrogen) atoms. The first-order valence-corrected chi connectivity index (χ1v) is 8.85. The molecule has 4 heteroatoms. The van der Waals surface area contributed by atoms with Gasteiger partial charge in [-0.2, -0.15) is 5.10 Å². The molecule has 1 saturated heterocycles. The molecule has 1 aromatic heterocycles. The fourth-order valence-corrected chi connectivity index (χ4v) is 4.59. The first-order valence-electron chi connectivity index (χ1n) is 8.06. The van der Waals surface area contributed by atoms with Crippen molar-refractivity contribution < 1.29 is 4.74 Å². The third kappa shape index (κ3) is 2.19. The number of benzene rings is 1. The summed E-state index contributed by atoms with van der Waals surface area (Å²) in [5, 5.41) is 5.76. The predicted molar refractivity (Wildman–Crippen MR) is 90.8 cm³/mol. The highest BCUT2D eigenvalue weighted by atomic mass is 79.9. The van der Waals surface area contributed by atoms with Crippen molar-refractivity contribution in [2.24, 2.45) is 0 Å². The largest absolute Gasteiger partial charge is 0.356 e. The van der Waals surface area contributed by atoms with E-state index in [1.807, 2.05) is 6.20 Å². The Morgan fingerprint density at radius 1 is 1.32 bits per heavy atom. The van der Waals surface area contributed by atoms with Crippen LogP contribution in [0.15, 0.2) is 16.7 Å². The van der Waals surface area contributed by atoms with Gasteiger partial charge in [-0.3, -0.25) is 0 Å². The number of nitrogens with zero attached hydrogens (tertiary/aromatic N) is 2. The molecule has 0 spiro atoms. The number of hydrogen-bond donors (Lipinski definition) is 0. The summed E-state index contributed by atoms with van der Waals surface area (Å²) < 4.78 is 9.09. The van der Waals surface area contributed by atoms with Crippen LogP contribution in [0.2, 0.25) is 0 Å². The second-order valence-electron chi connectivity index (χ2n) is 6.22. The summed E-state index contributed by atoms with van der Waals surface area (Å²) in [6, 6.07) is 2.28. The van der Waals surface area contributed by atoms with Crippen molar-refractivity contribution in [3.63, 3.8) is 0 Å². The van der Waals surface area contributed by atoms with Crippen molar-refractivity contribution >= 4 is 26.8 Å². The number of halogens is 1. The van der Waals surface area contributed by atoms with Crippen molar-refractivity contribution in [1.82, 2.24) is 9.78 Å². The van der Waals surface area contributed by atoms with Gasteiger partial charge in [0.05, 0.1) is 11.7 Å².